The number of nitrogens with one attached hydrogen (secondary N) is 2. The number of nitrogens with two attached hydrogens (primary N) is 1. The summed E-state index contributed by atoms with van der Waals surface area (Å²) in [6.45, 7) is -0.184. The van der Waals surface area contributed by atoms with E-state index in [1.165, 1.54) is 7.11 Å². The number of nitrogens with zero attached hydrogens (tertiary/aromatic N) is 1. The summed E-state index contributed by atoms with van der Waals surface area (Å²) in [6.07, 6.45) is 0. The zero-order valence-corrected chi connectivity index (χ0v) is 12.5. The third-order valence-corrected chi connectivity index (χ3v) is 3.35. The van der Waals surface area contributed by atoms with E-state index in [1.54, 1.807) is 12.1 Å². The van der Waals surface area contributed by atoms with E-state index in [1.807, 2.05) is 35.8 Å². The van der Waals surface area contributed by atoms with Gasteiger partial charge in [0.2, 0.25) is 0 Å². The number of hydrogen-bond donors (Lipinski definition) is 3. The van der Waals surface area contributed by atoms with Gasteiger partial charge in [-0.3, -0.25) is 10.2 Å². The van der Waals surface area contributed by atoms with Gasteiger partial charge in [0.1, 0.15) is 5.82 Å². The first-order chi connectivity index (χ1) is 11.2. The SMILES string of the molecule is COc1cc(-c2nc3ccccc3[nH]2)ccc1OCC(=O)NN. The molecule has 1 heterocycles. The highest BCUT2D eigenvalue weighted by Crippen LogP contribution is 2.32. The number of ether oxygens (including phenoxy) is 2. The molecule has 0 saturated heterocycles. The summed E-state index contributed by atoms with van der Waals surface area (Å²) in [5, 5.41) is 0. The molecule has 0 atom stereocenters. The highest BCUT2D eigenvalue weighted by Gasteiger charge is 2.11. The van der Waals surface area contributed by atoms with Crippen molar-refractivity contribution in [2.75, 3.05) is 13.7 Å². The van der Waals surface area contributed by atoms with Crippen molar-refractivity contribution in [1.82, 2.24) is 15.4 Å². The van der Waals surface area contributed by atoms with Crippen LogP contribution in [0.3, 0.4) is 0 Å². The van der Waals surface area contributed by atoms with Crippen molar-refractivity contribution in [3.63, 3.8) is 0 Å². The zero-order valence-electron chi connectivity index (χ0n) is 12.5. The molecule has 0 aliphatic carbocycles. The third-order valence-electron chi connectivity index (χ3n) is 3.35. The average Bonchev–Trinajstić information content (AvgIpc) is 3.03. The van der Waals surface area contributed by atoms with Crippen LogP contribution in [-0.2, 0) is 4.79 Å². The Hall–Kier alpha value is -3.06. The van der Waals surface area contributed by atoms with Gasteiger partial charge in [-0.2, -0.15) is 0 Å². The number of imidazole rings is 1. The Morgan fingerprint density at radius 3 is 2.83 bits per heavy atom. The summed E-state index contributed by atoms with van der Waals surface area (Å²) in [5.41, 5.74) is 4.71. The van der Waals surface area contributed by atoms with Gasteiger partial charge in [-0.15, -0.1) is 0 Å². The third kappa shape index (κ3) is 3.09. The lowest BCUT2D eigenvalue weighted by molar-refractivity contribution is -0.123. The first kappa shape index (κ1) is 14.9. The molecule has 3 aromatic rings. The number of carbonyl (C=O) groups is 1. The second kappa shape index (κ2) is 6.37. The lowest BCUT2D eigenvalue weighted by Crippen LogP contribution is -2.34. The van der Waals surface area contributed by atoms with Gasteiger partial charge in [0.25, 0.3) is 5.91 Å². The molecule has 0 saturated carbocycles. The Morgan fingerprint density at radius 1 is 1.26 bits per heavy atom. The summed E-state index contributed by atoms with van der Waals surface area (Å²) in [4.78, 5) is 19.0. The lowest BCUT2D eigenvalue weighted by Gasteiger charge is -2.11. The number of hydrazine groups is 1. The Morgan fingerprint density at radius 2 is 2.09 bits per heavy atom. The quantitative estimate of drug-likeness (QED) is 0.377. The number of para-hydroxylation sites is 2. The van der Waals surface area contributed by atoms with E-state index in [-0.39, 0.29) is 6.61 Å². The highest BCUT2D eigenvalue weighted by molar-refractivity contribution is 5.80. The number of rotatable bonds is 5. The summed E-state index contributed by atoms with van der Waals surface area (Å²) in [5.74, 6) is 6.29. The summed E-state index contributed by atoms with van der Waals surface area (Å²) in [6, 6.07) is 13.2. The van der Waals surface area contributed by atoms with Gasteiger partial charge in [0.05, 0.1) is 18.1 Å². The molecule has 23 heavy (non-hydrogen) atoms. The smallest absolute Gasteiger partial charge is 0.271 e. The molecule has 0 fully saturated rings. The van der Waals surface area contributed by atoms with Crippen molar-refractivity contribution in [1.29, 1.82) is 0 Å². The fraction of sp³-hybridized carbons (Fsp3) is 0.125. The molecule has 2 aromatic carbocycles. The summed E-state index contributed by atoms with van der Waals surface area (Å²) in [7, 11) is 1.54. The second-order valence-electron chi connectivity index (χ2n) is 4.82. The topological polar surface area (TPSA) is 102 Å². The van der Waals surface area contributed by atoms with Gasteiger partial charge in [-0.25, -0.2) is 10.8 Å². The Kier molecular flexibility index (Phi) is 4.11. The van der Waals surface area contributed by atoms with Gasteiger partial charge in [0, 0.05) is 5.56 Å². The minimum absolute atomic E-state index is 0.184. The molecule has 0 aliphatic rings. The molecular weight excluding hydrogens is 296 g/mol. The number of H-pyrrole nitrogens is 1. The summed E-state index contributed by atoms with van der Waals surface area (Å²) >= 11 is 0. The maximum absolute atomic E-state index is 11.2. The van der Waals surface area contributed by atoms with Gasteiger partial charge in [-0.1, -0.05) is 12.1 Å². The summed E-state index contributed by atoms with van der Waals surface area (Å²) < 4.78 is 10.7. The minimum atomic E-state index is -0.423. The molecular formula is C16H16N4O3. The average molecular weight is 312 g/mol. The molecule has 1 amide bonds. The molecule has 7 heteroatoms. The molecule has 0 radical (unpaired) electrons. The number of amides is 1. The largest absolute Gasteiger partial charge is 0.493 e. The van der Waals surface area contributed by atoms with Gasteiger partial charge in [-0.05, 0) is 30.3 Å². The van der Waals surface area contributed by atoms with Crippen molar-refractivity contribution in [3.05, 3.63) is 42.5 Å². The van der Waals surface area contributed by atoms with E-state index >= 15 is 0 Å². The molecule has 1 aromatic heterocycles. The Labute approximate surface area is 132 Å². The van der Waals surface area contributed by atoms with Crippen molar-refractivity contribution in [2.24, 2.45) is 5.84 Å². The van der Waals surface area contributed by atoms with Crippen LogP contribution in [0.4, 0.5) is 0 Å². The van der Waals surface area contributed by atoms with Gasteiger partial charge in [0.15, 0.2) is 18.1 Å². The van der Waals surface area contributed by atoms with E-state index in [9.17, 15) is 4.79 Å². The number of aromatic amines is 1. The first-order valence-corrected chi connectivity index (χ1v) is 6.96. The standard InChI is InChI=1S/C16H16N4O3/c1-22-14-8-10(6-7-13(14)23-9-15(21)20-17)16-18-11-4-2-3-5-12(11)19-16/h2-8H,9,17H2,1H3,(H,18,19)(H,20,21). The minimum Gasteiger partial charge on any atom is -0.493 e. The van der Waals surface area contributed by atoms with E-state index < -0.39 is 5.91 Å². The van der Waals surface area contributed by atoms with Crippen LogP contribution in [0.25, 0.3) is 22.4 Å². The number of fused-ring (bicyclic) bond motifs is 1. The number of methoxy groups -OCH3 is 1. The van der Waals surface area contributed by atoms with Gasteiger partial charge < -0.3 is 14.5 Å². The highest BCUT2D eigenvalue weighted by atomic mass is 16.5. The van der Waals surface area contributed by atoms with Crippen LogP contribution < -0.4 is 20.7 Å². The normalized spacial score (nSPS) is 10.5. The molecule has 0 spiro atoms. The molecule has 118 valence electrons. The number of carbonyl (C=O) groups excluding carboxylic acids is 1. The van der Waals surface area contributed by atoms with E-state index in [0.717, 1.165) is 22.4 Å². The van der Waals surface area contributed by atoms with Crippen LogP contribution in [0.1, 0.15) is 0 Å². The van der Waals surface area contributed by atoms with Crippen LogP contribution in [0.5, 0.6) is 11.5 Å². The molecule has 4 N–H and O–H groups in total. The predicted octanol–water partition coefficient (Wildman–Crippen LogP) is 1.61. The molecule has 0 bridgehead atoms. The first-order valence-electron chi connectivity index (χ1n) is 6.96. The van der Waals surface area contributed by atoms with Crippen LogP contribution in [0.2, 0.25) is 0 Å². The molecule has 0 unspecified atom stereocenters. The van der Waals surface area contributed by atoms with Crippen LogP contribution in [-0.4, -0.2) is 29.6 Å². The van der Waals surface area contributed by atoms with E-state index in [4.69, 9.17) is 15.3 Å². The second-order valence-corrected chi connectivity index (χ2v) is 4.82. The maximum atomic E-state index is 11.2. The molecule has 0 aliphatic heterocycles. The number of aromatic nitrogens is 2. The zero-order chi connectivity index (χ0) is 16.2. The molecule has 7 nitrogen and oxygen atoms in total. The lowest BCUT2D eigenvalue weighted by atomic mass is 10.2. The van der Waals surface area contributed by atoms with Gasteiger partial charge >= 0.3 is 0 Å². The van der Waals surface area contributed by atoms with Crippen molar-refractivity contribution >= 4 is 16.9 Å². The van der Waals surface area contributed by atoms with Crippen molar-refractivity contribution in [2.45, 2.75) is 0 Å². The Balaban J connectivity index is 1.90. The van der Waals surface area contributed by atoms with E-state index in [2.05, 4.69) is 9.97 Å². The fourth-order valence-electron chi connectivity index (χ4n) is 2.21. The monoisotopic (exact) mass is 312 g/mol. The van der Waals surface area contributed by atoms with E-state index in [0.29, 0.717) is 11.5 Å². The number of hydrogen-bond acceptors (Lipinski definition) is 5. The Bertz CT molecular complexity index is 811. The van der Waals surface area contributed by atoms with Crippen LogP contribution >= 0.6 is 0 Å². The van der Waals surface area contributed by atoms with Crippen LogP contribution in [0.15, 0.2) is 42.5 Å². The number of benzene rings is 2. The van der Waals surface area contributed by atoms with Crippen LogP contribution in [0, 0.1) is 0 Å². The molecule has 3 rings (SSSR count). The van der Waals surface area contributed by atoms with Crippen molar-refractivity contribution < 1.29 is 14.3 Å². The maximum Gasteiger partial charge on any atom is 0.271 e. The fourth-order valence-corrected chi connectivity index (χ4v) is 2.21. The van der Waals surface area contributed by atoms with Crippen molar-refractivity contribution in [3.8, 4) is 22.9 Å². The predicted molar refractivity (Wildman–Crippen MR) is 85.9 cm³/mol.